The number of hydrogen-bond acceptors (Lipinski definition) is 6. The van der Waals surface area contributed by atoms with Gasteiger partial charge in [-0.3, -0.25) is 4.79 Å². The summed E-state index contributed by atoms with van der Waals surface area (Å²) in [4.78, 5) is 15.2. The van der Waals surface area contributed by atoms with Crippen molar-refractivity contribution in [3.8, 4) is 5.69 Å². The van der Waals surface area contributed by atoms with Crippen molar-refractivity contribution >= 4 is 17.2 Å². The fraction of sp³-hybridized carbons (Fsp3) is 0.500. The molecule has 106 valence electrons. The number of rotatable bonds is 2. The summed E-state index contributed by atoms with van der Waals surface area (Å²) in [7, 11) is 0. The van der Waals surface area contributed by atoms with Crippen LogP contribution in [0.4, 0.5) is 0 Å². The van der Waals surface area contributed by atoms with Crippen LogP contribution in [0.3, 0.4) is 0 Å². The SMILES string of the molecule is C[C@@H]1CN(C(=O)c2sccc2-n2cnnn2)C[C@H](C)O1. The van der Waals surface area contributed by atoms with E-state index in [1.165, 1.54) is 22.3 Å². The maximum atomic E-state index is 12.7. The van der Waals surface area contributed by atoms with Gasteiger partial charge in [0.25, 0.3) is 5.91 Å². The second kappa shape index (κ2) is 5.29. The molecule has 0 N–H and O–H groups in total. The molecular formula is C12H15N5O2S. The minimum atomic E-state index is 0.00694. The molecule has 1 aliphatic heterocycles. The minimum absolute atomic E-state index is 0.00694. The largest absolute Gasteiger partial charge is 0.372 e. The Hall–Kier alpha value is -1.80. The Morgan fingerprint density at radius 1 is 1.40 bits per heavy atom. The van der Waals surface area contributed by atoms with E-state index in [-0.39, 0.29) is 18.1 Å². The van der Waals surface area contributed by atoms with E-state index < -0.39 is 0 Å². The van der Waals surface area contributed by atoms with Crippen LogP contribution in [-0.2, 0) is 4.74 Å². The zero-order valence-corrected chi connectivity index (χ0v) is 12.1. The summed E-state index contributed by atoms with van der Waals surface area (Å²) in [5.41, 5.74) is 0.719. The van der Waals surface area contributed by atoms with Crippen LogP contribution in [0.25, 0.3) is 5.69 Å². The molecule has 7 nitrogen and oxygen atoms in total. The van der Waals surface area contributed by atoms with Gasteiger partial charge in [0, 0.05) is 13.1 Å². The smallest absolute Gasteiger partial charge is 0.266 e. The Kier molecular flexibility index (Phi) is 3.49. The third kappa shape index (κ3) is 2.44. The molecule has 1 fully saturated rings. The molecule has 2 aromatic rings. The van der Waals surface area contributed by atoms with Crippen LogP contribution in [0, 0.1) is 0 Å². The molecule has 0 bridgehead atoms. The van der Waals surface area contributed by atoms with Gasteiger partial charge in [0.15, 0.2) is 0 Å². The van der Waals surface area contributed by atoms with Gasteiger partial charge in [-0.2, -0.15) is 4.68 Å². The van der Waals surface area contributed by atoms with Crippen molar-refractivity contribution in [3.63, 3.8) is 0 Å². The molecule has 3 heterocycles. The van der Waals surface area contributed by atoms with E-state index in [0.717, 1.165) is 5.69 Å². The van der Waals surface area contributed by atoms with Crippen molar-refractivity contribution in [2.24, 2.45) is 0 Å². The molecule has 1 amide bonds. The number of thiophene rings is 1. The van der Waals surface area contributed by atoms with Crippen LogP contribution in [0.15, 0.2) is 17.8 Å². The van der Waals surface area contributed by atoms with Crippen molar-refractivity contribution in [1.29, 1.82) is 0 Å². The van der Waals surface area contributed by atoms with Crippen LogP contribution in [0.2, 0.25) is 0 Å². The Morgan fingerprint density at radius 2 is 2.15 bits per heavy atom. The molecular weight excluding hydrogens is 278 g/mol. The first-order valence-corrected chi connectivity index (χ1v) is 7.28. The maximum Gasteiger partial charge on any atom is 0.266 e. The highest BCUT2D eigenvalue weighted by atomic mass is 32.1. The Balaban J connectivity index is 1.86. The highest BCUT2D eigenvalue weighted by Gasteiger charge is 2.28. The number of hydrogen-bond donors (Lipinski definition) is 0. The fourth-order valence-corrected chi connectivity index (χ4v) is 3.25. The van der Waals surface area contributed by atoms with Crippen molar-refractivity contribution in [2.45, 2.75) is 26.1 Å². The number of ether oxygens (including phenoxy) is 1. The highest BCUT2D eigenvalue weighted by Crippen LogP contribution is 2.23. The maximum absolute atomic E-state index is 12.7. The van der Waals surface area contributed by atoms with Crippen molar-refractivity contribution in [1.82, 2.24) is 25.1 Å². The van der Waals surface area contributed by atoms with Gasteiger partial charge < -0.3 is 9.64 Å². The zero-order chi connectivity index (χ0) is 14.1. The van der Waals surface area contributed by atoms with Crippen molar-refractivity contribution in [2.75, 3.05) is 13.1 Å². The van der Waals surface area contributed by atoms with Crippen LogP contribution in [-0.4, -0.2) is 56.3 Å². The lowest BCUT2D eigenvalue weighted by molar-refractivity contribution is -0.0585. The third-order valence-corrected chi connectivity index (χ3v) is 4.03. The quantitative estimate of drug-likeness (QED) is 0.825. The van der Waals surface area contributed by atoms with E-state index >= 15 is 0 Å². The van der Waals surface area contributed by atoms with Crippen LogP contribution >= 0.6 is 11.3 Å². The third-order valence-electron chi connectivity index (χ3n) is 3.14. The number of aromatic nitrogens is 4. The summed E-state index contributed by atoms with van der Waals surface area (Å²) in [6.07, 6.45) is 1.60. The van der Waals surface area contributed by atoms with Gasteiger partial charge in [0.05, 0.1) is 17.9 Å². The lowest BCUT2D eigenvalue weighted by atomic mass is 10.2. The van der Waals surface area contributed by atoms with Crippen molar-refractivity contribution in [3.05, 3.63) is 22.7 Å². The number of amides is 1. The highest BCUT2D eigenvalue weighted by molar-refractivity contribution is 7.12. The Morgan fingerprint density at radius 3 is 2.80 bits per heavy atom. The summed E-state index contributed by atoms with van der Waals surface area (Å²) in [6, 6.07) is 1.85. The van der Waals surface area contributed by atoms with E-state index in [1.807, 2.05) is 30.2 Å². The van der Waals surface area contributed by atoms with Gasteiger partial charge in [-0.05, 0) is 35.7 Å². The Labute approximate surface area is 120 Å². The molecule has 8 heteroatoms. The van der Waals surface area contributed by atoms with Crippen LogP contribution in [0.5, 0.6) is 0 Å². The predicted octanol–water partition coefficient (Wildman–Crippen LogP) is 0.973. The average molecular weight is 293 g/mol. The topological polar surface area (TPSA) is 73.1 Å². The predicted molar refractivity (Wildman–Crippen MR) is 72.9 cm³/mol. The van der Waals surface area contributed by atoms with E-state index in [4.69, 9.17) is 4.74 Å². The van der Waals surface area contributed by atoms with Crippen LogP contribution in [0.1, 0.15) is 23.5 Å². The van der Waals surface area contributed by atoms with E-state index in [1.54, 1.807) is 0 Å². The molecule has 2 atom stereocenters. The monoisotopic (exact) mass is 293 g/mol. The summed E-state index contributed by atoms with van der Waals surface area (Å²) < 4.78 is 7.17. The summed E-state index contributed by atoms with van der Waals surface area (Å²) >= 11 is 1.40. The molecule has 0 unspecified atom stereocenters. The van der Waals surface area contributed by atoms with E-state index in [0.29, 0.717) is 18.0 Å². The van der Waals surface area contributed by atoms with Gasteiger partial charge in [0.1, 0.15) is 11.2 Å². The van der Waals surface area contributed by atoms with E-state index in [9.17, 15) is 4.79 Å². The second-order valence-electron chi connectivity index (χ2n) is 4.86. The number of carbonyl (C=O) groups is 1. The van der Waals surface area contributed by atoms with Gasteiger partial charge >= 0.3 is 0 Å². The summed E-state index contributed by atoms with van der Waals surface area (Å²) in [5, 5.41) is 12.9. The number of nitrogens with zero attached hydrogens (tertiary/aromatic N) is 5. The van der Waals surface area contributed by atoms with Gasteiger partial charge in [0.2, 0.25) is 0 Å². The molecule has 0 spiro atoms. The summed E-state index contributed by atoms with van der Waals surface area (Å²) in [5.74, 6) is 0.00694. The lowest BCUT2D eigenvalue weighted by Gasteiger charge is -2.35. The average Bonchev–Trinajstić information content (AvgIpc) is 3.07. The molecule has 0 aromatic carbocycles. The minimum Gasteiger partial charge on any atom is -0.372 e. The molecule has 3 rings (SSSR count). The van der Waals surface area contributed by atoms with Gasteiger partial charge in [-0.25, -0.2) is 0 Å². The molecule has 0 radical (unpaired) electrons. The first-order valence-electron chi connectivity index (χ1n) is 6.40. The van der Waals surface area contributed by atoms with Gasteiger partial charge in [-0.1, -0.05) is 0 Å². The van der Waals surface area contributed by atoms with Gasteiger partial charge in [-0.15, -0.1) is 16.4 Å². The lowest BCUT2D eigenvalue weighted by Crippen LogP contribution is -2.48. The second-order valence-corrected chi connectivity index (χ2v) is 5.77. The molecule has 1 saturated heterocycles. The first kappa shape index (κ1) is 13.2. The molecule has 2 aromatic heterocycles. The number of morpholine rings is 1. The van der Waals surface area contributed by atoms with E-state index in [2.05, 4.69) is 15.5 Å². The normalized spacial score (nSPS) is 23.0. The molecule has 0 saturated carbocycles. The number of carbonyl (C=O) groups excluding carboxylic acids is 1. The Bertz CT molecular complexity index is 587. The fourth-order valence-electron chi connectivity index (χ4n) is 2.40. The standard InChI is InChI=1S/C12H15N5O2S/c1-8-5-16(6-9(2)19-8)12(18)11-10(3-4-20-11)17-7-13-14-15-17/h3-4,7-9H,5-6H2,1-2H3/t8-,9+. The first-order chi connectivity index (χ1) is 9.65. The molecule has 20 heavy (non-hydrogen) atoms. The number of tetrazole rings is 1. The summed E-state index contributed by atoms with van der Waals surface area (Å²) in [6.45, 7) is 5.17. The molecule has 0 aliphatic carbocycles. The molecule has 1 aliphatic rings. The van der Waals surface area contributed by atoms with Crippen molar-refractivity contribution < 1.29 is 9.53 Å². The zero-order valence-electron chi connectivity index (χ0n) is 11.3. The van der Waals surface area contributed by atoms with Crippen LogP contribution < -0.4 is 0 Å².